The Kier molecular flexibility index (Phi) is 4.55. The van der Waals surface area contributed by atoms with Gasteiger partial charge in [0.1, 0.15) is 10.8 Å². The predicted octanol–water partition coefficient (Wildman–Crippen LogP) is 2.24. The van der Waals surface area contributed by atoms with E-state index in [1.54, 1.807) is 37.5 Å². The van der Waals surface area contributed by atoms with Gasteiger partial charge in [0, 0.05) is 30.3 Å². The zero-order valence-corrected chi connectivity index (χ0v) is 11.0. The molecule has 1 heterocycles. The van der Waals surface area contributed by atoms with Gasteiger partial charge in [-0.2, -0.15) is 0 Å². The van der Waals surface area contributed by atoms with E-state index >= 15 is 0 Å². The standard InChI is InChI=1S/C13H15N3OS/c1-17-12-3-2-10(7-14)6-11(12)9-18-13-8-15-4-5-16-13/h2-6,8H,7,9,14H2,1H3. The Morgan fingerprint density at radius 3 is 2.89 bits per heavy atom. The molecule has 0 aliphatic rings. The van der Waals surface area contributed by atoms with E-state index in [1.807, 2.05) is 12.1 Å². The van der Waals surface area contributed by atoms with Gasteiger partial charge in [0.05, 0.1) is 13.3 Å². The first-order valence-corrected chi connectivity index (χ1v) is 6.56. The van der Waals surface area contributed by atoms with Crippen LogP contribution in [0.5, 0.6) is 5.75 Å². The summed E-state index contributed by atoms with van der Waals surface area (Å²) in [5, 5.41) is 0.901. The van der Waals surface area contributed by atoms with Crippen LogP contribution in [-0.4, -0.2) is 17.1 Å². The maximum atomic E-state index is 5.65. The second-order valence-electron chi connectivity index (χ2n) is 3.68. The van der Waals surface area contributed by atoms with E-state index in [4.69, 9.17) is 10.5 Å². The topological polar surface area (TPSA) is 61.0 Å². The van der Waals surface area contributed by atoms with Crippen molar-refractivity contribution in [3.63, 3.8) is 0 Å². The average Bonchev–Trinajstić information content (AvgIpc) is 2.45. The van der Waals surface area contributed by atoms with E-state index < -0.39 is 0 Å². The predicted molar refractivity (Wildman–Crippen MR) is 72.5 cm³/mol. The highest BCUT2D eigenvalue weighted by atomic mass is 32.2. The van der Waals surface area contributed by atoms with Gasteiger partial charge in [-0.05, 0) is 17.7 Å². The number of methoxy groups -OCH3 is 1. The second-order valence-corrected chi connectivity index (χ2v) is 4.68. The molecule has 0 unspecified atom stereocenters. The van der Waals surface area contributed by atoms with Crippen molar-refractivity contribution in [1.29, 1.82) is 0 Å². The summed E-state index contributed by atoms with van der Waals surface area (Å²) in [5.74, 6) is 1.67. The quantitative estimate of drug-likeness (QED) is 0.836. The summed E-state index contributed by atoms with van der Waals surface area (Å²) in [6.07, 6.45) is 5.11. The fraction of sp³-hybridized carbons (Fsp3) is 0.231. The number of hydrogen-bond donors (Lipinski definition) is 1. The summed E-state index contributed by atoms with van der Waals surface area (Å²) in [6.45, 7) is 0.535. The molecule has 0 aliphatic carbocycles. The molecule has 5 heteroatoms. The summed E-state index contributed by atoms with van der Waals surface area (Å²) >= 11 is 1.63. The molecule has 1 aromatic carbocycles. The molecule has 18 heavy (non-hydrogen) atoms. The first-order chi connectivity index (χ1) is 8.83. The van der Waals surface area contributed by atoms with E-state index in [-0.39, 0.29) is 0 Å². The first-order valence-electron chi connectivity index (χ1n) is 5.58. The molecule has 0 spiro atoms. The monoisotopic (exact) mass is 261 g/mol. The van der Waals surface area contributed by atoms with Crippen molar-refractivity contribution in [2.24, 2.45) is 5.73 Å². The Morgan fingerprint density at radius 1 is 1.33 bits per heavy atom. The van der Waals surface area contributed by atoms with Crippen molar-refractivity contribution < 1.29 is 4.74 Å². The van der Waals surface area contributed by atoms with Crippen molar-refractivity contribution in [2.75, 3.05) is 7.11 Å². The van der Waals surface area contributed by atoms with Crippen LogP contribution in [0, 0.1) is 0 Å². The van der Waals surface area contributed by atoms with Gasteiger partial charge in [0.25, 0.3) is 0 Å². The van der Waals surface area contributed by atoms with Crippen LogP contribution >= 0.6 is 11.8 Å². The lowest BCUT2D eigenvalue weighted by Crippen LogP contribution is -1.99. The van der Waals surface area contributed by atoms with Crippen molar-refractivity contribution >= 4 is 11.8 Å². The molecule has 0 saturated heterocycles. The Labute approximate surface area is 111 Å². The van der Waals surface area contributed by atoms with Crippen LogP contribution in [0.25, 0.3) is 0 Å². The van der Waals surface area contributed by atoms with Gasteiger partial charge >= 0.3 is 0 Å². The zero-order valence-electron chi connectivity index (χ0n) is 10.2. The van der Waals surface area contributed by atoms with Gasteiger partial charge in [-0.1, -0.05) is 17.8 Å². The molecule has 2 N–H and O–H groups in total. The third-order valence-corrected chi connectivity index (χ3v) is 3.46. The molecular formula is C13H15N3OS. The molecule has 0 aliphatic heterocycles. The molecule has 2 aromatic rings. The van der Waals surface area contributed by atoms with Crippen molar-refractivity contribution in [3.8, 4) is 5.75 Å². The van der Waals surface area contributed by atoms with Gasteiger partial charge in [-0.15, -0.1) is 0 Å². The smallest absolute Gasteiger partial charge is 0.122 e. The molecule has 0 saturated carbocycles. The minimum atomic E-state index is 0.535. The number of benzene rings is 1. The number of nitrogens with two attached hydrogens (primary N) is 1. The molecule has 1 aromatic heterocycles. The number of rotatable bonds is 5. The Balaban J connectivity index is 2.12. The summed E-state index contributed by atoms with van der Waals surface area (Å²) in [6, 6.07) is 6.01. The largest absolute Gasteiger partial charge is 0.496 e. The van der Waals surface area contributed by atoms with Crippen LogP contribution in [0.2, 0.25) is 0 Å². The maximum Gasteiger partial charge on any atom is 0.122 e. The van der Waals surface area contributed by atoms with Crippen LogP contribution in [0.1, 0.15) is 11.1 Å². The van der Waals surface area contributed by atoms with Crippen LogP contribution in [0.3, 0.4) is 0 Å². The number of ether oxygens (including phenoxy) is 1. The lowest BCUT2D eigenvalue weighted by molar-refractivity contribution is 0.411. The Bertz CT molecular complexity index is 505. The molecular weight excluding hydrogens is 246 g/mol. The van der Waals surface area contributed by atoms with Crippen molar-refractivity contribution in [2.45, 2.75) is 17.3 Å². The van der Waals surface area contributed by atoms with Crippen molar-refractivity contribution in [3.05, 3.63) is 47.9 Å². The minimum absolute atomic E-state index is 0.535. The van der Waals surface area contributed by atoms with Crippen LogP contribution in [0.4, 0.5) is 0 Å². The normalized spacial score (nSPS) is 10.3. The highest BCUT2D eigenvalue weighted by molar-refractivity contribution is 7.98. The summed E-state index contributed by atoms with van der Waals surface area (Å²) in [7, 11) is 1.67. The van der Waals surface area contributed by atoms with E-state index in [9.17, 15) is 0 Å². The first kappa shape index (κ1) is 12.9. The van der Waals surface area contributed by atoms with Crippen LogP contribution < -0.4 is 10.5 Å². The molecule has 2 rings (SSSR count). The highest BCUT2D eigenvalue weighted by Gasteiger charge is 2.05. The Morgan fingerprint density at radius 2 is 2.22 bits per heavy atom. The SMILES string of the molecule is COc1ccc(CN)cc1CSc1cnccn1. The van der Waals surface area contributed by atoms with E-state index in [2.05, 4.69) is 16.0 Å². The fourth-order valence-electron chi connectivity index (χ4n) is 1.58. The molecule has 4 nitrogen and oxygen atoms in total. The average molecular weight is 261 g/mol. The molecule has 0 amide bonds. The third-order valence-electron chi connectivity index (χ3n) is 2.50. The second kappa shape index (κ2) is 6.37. The van der Waals surface area contributed by atoms with Crippen LogP contribution in [0.15, 0.2) is 41.8 Å². The van der Waals surface area contributed by atoms with E-state index in [0.717, 1.165) is 27.7 Å². The minimum Gasteiger partial charge on any atom is -0.496 e. The van der Waals surface area contributed by atoms with Gasteiger partial charge in [-0.3, -0.25) is 4.98 Å². The lowest BCUT2D eigenvalue weighted by Gasteiger charge is -2.09. The number of nitrogens with zero attached hydrogens (tertiary/aromatic N) is 2. The molecule has 94 valence electrons. The molecule has 0 atom stereocenters. The molecule has 0 radical (unpaired) electrons. The van der Waals surface area contributed by atoms with Gasteiger partial charge in [0.2, 0.25) is 0 Å². The number of aromatic nitrogens is 2. The highest BCUT2D eigenvalue weighted by Crippen LogP contribution is 2.27. The lowest BCUT2D eigenvalue weighted by atomic mass is 10.1. The summed E-state index contributed by atoms with van der Waals surface area (Å²) in [5.41, 5.74) is 7.87. The van der Waals surface area contributed by atoms with Gasteiger partial charge < -0.3 is 10.5 Å². The van der Waals surface area contributed by atoms with Crippen LogP contribution in [-0.2, 0) is 12.3 Å². The van der Waals surface area contributed by atoms with Gasteiger partial charge in [0.15, 0.2) is 0 Å². The zero-order chi connectivity index (χ0) is 12.8. The Hall–Kier alpha value is -1.59. The third kappa shape index (κ3) is 3.21. The molecule has 0 fully saturated rings. The maximum absolute atomic E-state index is 5.65. The van der Waals surface area contributed by atoms with Crippen molar-refractivity contribution in [1.82, 2.24) is 9.97 Å². The number of thioether (sulfide) groups is 1. The fourth-order valence-corrected chi connectivity index (χ4v) is 2.38. The van der Waals surface area contributed by atoms with E-state index in [1.165, 1.54) is 0 Å². The van der Waals surface area contributed by atoms with E-state index in [0.29, 0.717) is 6.54 Å². The summed E-state index contributed by atoms with van der Waals surface area (Å²) < 4.78 is 5.34. The van der Waals surface area contributed by atoms with Gasteiger partial charge in [-0.25, -0.2) is 4.98 Å². The summed E-state index contributed by atoms with van der Waals surface area (Å²) in [4.78, 5) is 8.27. The number of hydrogen-bond acceptors (Lipinski definition) is 5. The molecule has 0 bridgehead atoms.